The molecule has 1 N–H and O–H groups in total. The largest absolute Gasteiger partial charge is 0.313 e. The van der Waals surface area contributed by atoms with Crippen LogP contribution in [0.5, 0.6) is 0 Å². The van der Waals surface area contributed by atoms with E-state index < -0.39 is 0 Å². The highest BCUT2D eigenvalue weighted by Gasteiger charge is 2.42. The predicted molar refractivity (Wildman–Crippen MR) is 58.6 cm³/mol. The molecule has 2 aliphatic rings. The molecular formula is C11H9ClN2O2. The van der Waals surface area contributed by atoms with Crippen molar-refractivity contribution in [3.8, 4) is 0 Å². The second kappa shape index (κ2) is 3.30. The monoisotopic (exact) mass is 236 g/mol. The average molecular weight is 237 g/mol. The molecule has 0 aromatic heterocycles. The summed E-state index contributed by atoms with van der Waals surface area (Å²) < 4.78 is 0. The van der Waals surface area contributed by atoms with E-state index in [1.165, 1.54) is 4.90 Å². The van der Waals surface area contributed by atoms with E-state index >= 15 is 0 Å². The molecule has 82 valence electrons. The van der Waals surface area contributed by atoms with Crippen molar-refractivity contribution in [1.29, 1.82) is 0 Å². The molecule has 1 aromatic carbocycles. The number of fused-ring (bicyclic) bond motifs is 1. The molecule has 2 heterocycles. The van der Waals surface area contributed by atoms with Crippen LogP contribution in [0, 0.1) is 0 Å². The highest BCUT2D eigenvalue weighted by molar-refractivity contribution is 6.37. The third kappa shape index (κ3) is 1.14. The Balaban J connectivity index is 2.09. The molecule has 2 amide bonds. The van der Waals surface area contributed by atoms with Gasteiger partial charge < -0.3 is 5.32 Å². The van der Waals surface area contributed by atoms with Crippen LogP contribution in [-0.4, -0.2) is 35.8 Å². The number of nitrogens with one attached hydrogen (secondary N) is 1. The molecule has 5 heteroatoms. The van der Waals surface area contributed by atoms with Crippen LogP contribution < -0.4 is 5.32 Å². The quantitative estimate of drug-likeness (QED) is 0.738. The fourth-order valence-electron chi connectivity index (χ4n) is 2.05. The smallest absolute Gasteiger partial charge is 0.263 e. The molecule has 0 unspecified atom stereocenters. The molecule has 1 aromatic rings. The Labute approximate surface area is 97.2 Å². The van der Waals surface area contributed by atoms with Gasteiger partial charge >= 0.3 is 0 Å². The molecule has 0 atom stereocenters. The maximum Gasteiger partial charge on any atom is 0.263 e. The summed E-state index contributed by atoms with van der Waals surface area (Å²) in [5, 5.41) is 3.39. The molecule has 2 aliphatic heterocycles. The fourth-order valence-corrected chi connectivity index (χ4v) is 2.31. The van der Waals surface area contributed by atoms with Crippen LogP contribution in [0.4, 0.5) is 0 Å². The average Bonchev–Trinajstić information content (AvgIpc) is 2.42. The van der Waals surface area contributed by atoms with Gasteiger partial charge in [-0.25, -0.2) is 0 Å². The Morgan fingerprint density at radius 1 is 1.25 bits per heavy atom. The summed E-state index contributed by atoms with van der Waals surface area (Å²) in [5.41, 5.74) is 0.769. The molecule has 0 spiro atoms. The van der Waals surface area contributed by atoms with Gasteiger partial charge in [-0.05, 0) is 12.1 Å². The van der Waals surface area contributed by atoms with Crippen molar-refractivity contribution in [3.63, 3.8) is 0 Å². The van der Waals surface area contributed by atoms with Crippen molar-refractivity contribution in [2.45, 2.75) is 6.04 Å². The summed E-state index contributed by atoms with van der Waals surface area (Å²) >= 11 is 5.95. The van der Waals surface area contributed by atoms with Gasteiger partial charge in [0, 0.05) is 13.1 Å². The second-order valence-corrected chi connectivity index (χ2v) is 4.36. The Morgan fingerprint density at radius 2 is 2.00 bits per heavy atom. The number of hydrogen-bond donors (Lipinski definition) is 1. The number of carbonyl (C=O) groups is 2. The topological polar surface area (TPSA) is 49.4 Å². The van der Waals surface area contributed by atoms with Crippen LogP contribution in [0.3, 0.4) is 0 Å². The van der Waals surface area contributed by atoms with E-state index in [9.17, 15) is 9.59 Å². The molecule has 1 fully saturated rings. The summed E-state index contributed by atoms with van der Waals surface area (Å²) in [5.74, 6) is -0.494. The first-order valence-corrected chi connectivity index (χ1v) is 5.45. The van der Waals surface area contributed by atoms with Gasteiger partial charge in [-0.15, -0.1) is 0 Å². The first-order chi connectivity index (χ1) is 7.70. The number of carbonyl (C=O) groups excluding carboxylic acids is 2. The third-order valence-electron chi connectivity index (χ3n) is 3.02. The van der Waals surface area contributed by atoms with E-state index in [2.05, 4.69) is 5.32 Å². The highest BCUT2D eigenvalue weighted by Crippen LogP contribution is 2.30. The van der Waals surface area contributed by atoms with Crippen molar-refractivity contribution < 1.29 is 9.59 Å². The van der Waals surface area contributed by atoms with Crippen molar-refractivity contribution >= 4 is 23.4 Å². The van der Waals surface area contributed by atoms with Crippen LogP contribution >= 0.6 is 11.6 Å². The van der Waals surface area contributed by atoms with Gasteiger partial charge in [0.05, 0.1) is 22.2 Å². The zero-order chi connectivity index (χ0) is 11.3. The number of halogens is 1. The van der Waals surface area contributed by atoms with Crippen molar-refractivity contribution in [3.05, 3.63) is 34.3 Å². The normalized spacial score (nSPS) is 19.9. The number of imide groups is 1. The lowest BCUT2D eigenvalue weighted by Crippen LogP contribution is -2.58. The minimum Gasteiger partial charge on any atom is -0.313 e. The molecule has 3 rings (SSSR count). The lowest BCUT2D eigenvalue weighted by molar-refractivity contribution is 0.0534. The van der Waals surface area contributed by atoms with E-state index in [0.29, 0.717) is 29.2 Å². The van der Waals surface area contributed by atoms with Gasteiger partial charge in [0.15, 0.2) is 0 Å². The van der Waals surface area contributed by atoms with Crippen LogP contribution in [0.1, 0.15) is 20.7 Å². The van der Waals surface area contributed by atoms with Gasteiger partial charge in [0.2, 0.25) is 0 Å². The van der Waals surface area contributed by atoms with Gasteiger partial charge in [0.1, 0.15) is 0 Å². The van der Waals surface area contributed by atoms with Gasteiger partial charge in [0.25, 0.3) is 11.8 Å². The zero-order valence-corrected chi connectivity index (χ0v) is 9.12. The number of nitrogens with zero attached hydrogens (tertiary/aromatic N) is 1. The fraction of sp³-hybridized carbons (Fsp3) is 0.273. The summed E-state index contributed by atoms with van der Waals surface area (Å²) in [4.78, 5) is 25.4. The highest BCUT2D eigenvalue weighted by atomic mass is 35.5. The molecule has 0 bridgehead atoms. The molecule has 0 aliphatic carbocycles. The molecule has 1 saturated heterocycles. The van der Waals surface area contributed by atoms with E-state index in [1.807, 2.05) is 0 Å². The van der Waals surface area contributed by atoms with E-state index in [-0.39, 0.29) is 17.9 Å². The number of hydrogen-bond acceptors (Lipinski definition) is 3. The first kappa shape index (κ1) is 9.81. The van der Waals surface area contributed by atoms with Gasteiger partial charge in [-0.1, -0.05) is 17.7 Å². The van der Waals surface area contributed by atoms with Crippen LogP contribution in [0.15, 0.2) is 18.2 Å². The standard InChI is InChI=1S/C11H9ClN2O2/c12-8-3-1-2-7-9(8)11(16)14(10(7)15)6-4-13-5-6/h1-3,6,13H,4-5H2. The van der Waals surface area contributed by atoms with Gasteiger partial charge in [-0.2, -0.15) is 0 Å². The van der Waals surface area contributed by atoms with E-state index in [1.54, 1.807) is 18.2 Å². The Kier molecular flexibility index (Phi) is 2.02. The van der Waals surface area contributed by atoms with E-state index in [0.717, 1.165) is 0 Å². The second-order valence-electron chi connectivity index (χ2n) is 3.95. The molecule has 4 nitrogen and oxygen atoms in total. The maximum absolute atomic E-state index is 12.1. The third-order valence-corrected chi connectivity index (χ3v) is 3.34. The molecule has 0 radical (unpaired) electrons. The van der Waals surface area contributed by atoms with Crippen molar-refractivity contribution in [2.75, 3.05) is 13.1 Å². The molecule has 0 saturated carbocycles. The number of amides is 2. The minimum atomic E-state index is -0.267. The summed E-state index contributed by atoms with van der Waals surface area (Å²) in [6.07, 6.45) is 0. The SMILES string of the molecule is O=C1c2cccc(Cl)c2C(=O)N1C1CNC1. The van der Waals surface area contributed by atoms with Crippen LogP contribution in [0.25, 0.3) is 0 Å². The maximum atomic E-state index is 12.1. The van der Waals surface area contributed by atoms with Crippen molar-refractivity contribution in [2.24, 2.45) is 0 Å². The van der Waals surface area contributed by atoms with E-state index in [4.69, 9.17) is 11.6 Å². The molecule has 16 heavy (non-hydrogen) atoms. The number of rotatable bonds is 1. The lowest BCUT2D eigenvalue weighted by atomic mass is 10.1. The van der Waals surface area contributed by atoms with Crippen molar-refractivity contribution in [1.82, 2.24) is 10.2 Å². The van der Waals surface area contributed by atoms with Gasteiger partial charge in [-0.3, -0.25) is 14.5 Å². The summed E-state index contributed by atoms with van der Waals surface area (Å²) in [6.45, 7) is 1.34. The Morgan fingerprint density at radius 3 is 2.56 bits per heavy atom. The lowest BCUT2D eigenvalue weighted by Gasteiger charge is -2.33. The Bertz CT molecular complexity index is 497. The Hall–Kier alpha value is -1.39. The minimum absolute atomic E-state index is 0.0246. The number of benzene rings is 1. The van der Waals surface area contributed by atoms with Crippen LogP contribution in [0.2, 0.25) is 5.02 Å². The predicted octanol–water partition coefficient (Wildman–Crippen LogP) is 0.908. The summed E-state index contributed by atoms with van der Waals surface area (Å²) in [6, 6.07) is 4.94. The first-order valence-electron chi connectivity index (χ1n) is 5.07. The van der Waals surface area contributed by atoms with Crippen LogP contribution in [-0.2, 0) is 0 Å². The summed E-state index contributed by atoms with van der Waals surface area (Å²) in [7, 11) is 0. The zero-order valence-electron chi connectivity index (χ0n) is 8.37. The molecular weight excluding hydrogens is 228 g/mol.